The van der Waals surface area contributed by atoms with Gasteiger partial charge >= 0.3 is 0 Å². The standard InChI is InChI=1S/C4H9NOS/c1-4(6)5-2-3-7/h7H,2-3H2,1H3,(H,5,6)/i/hD. The van der Waals surface area contributed by atoms with Gasteiger partial charge in [0.05, 0.1) is 0 Å². The molecule has 0 rings (SSSR count). The molecule has 0 aromatic heterocycles. The van der Waals surface area contributed by atoms with E-state index in [0.717, 1.165) is 5.31 Å². The van der Waals surface area contributed by atoms with Crippen molar-refractivity contribution in [2.24, 2.45) is 0 Å². The van der Waals surface area contributed by atoms with Crippen LogP contribution in [0.2, 0.25) is 1.41 Å². The van der Waals surface area contributed by atoms with Crippen molar-refractivity contribution in [1.29, 1.82) is 0 Å². The average molecular weight is 120 g/mol. The van der Waals surface area contributed by atoms with Crippen LogP contribution >= 0.6 is 12.6 Å². The van der Waals surface area contributed by atoms with Crippen molar-refractivity contribution in [3.63, 3.8) is 0 Å². The van der Waals surface area contributed by atoms with E-state index < -0.39 is 0 Å². The maximum absolute atomic E-state index is 10.2. The van der Waals surface area contributed by atoms with Crippen LogP contribution in [0.1, 0.15) is 6.92 Å². The molecule has 0 aromatic rings. The SMILES string of the molecule is [2H]N(CCS)C(C)=O. The highest BCUT2D eigenvalue weighted by Gasteiger charge is 1.83. The highest BCUT2D eigenvalue weighted by molar-refractivity contribution is 7.80. The highest BCUT2D eigenvalue weighted by atomic mass is 32.1. The first-order valence-corrected chi connectivity index (χ1v) is 2.69. The molecule has 1 amide bonds. The number of amides is 1. The fraction of sp³-hybridized carbons (Fsp3) is 0.750. The summed E-state index contributed by atoms with van der Waals surface area (Å²) < 4.78 is 6.86. The van der Waals surface area contributed by atoms with Crippen molar-refractivity contribution in [2.75, 3.05) is 12.3 Å². The highest BCUT2D eigenvalue weighted by Crippen LogP contribution is 1.66. The monoisotopic (exact) mass is 120 g/mol. The summed E-state index contributed by atoms with van der Waals surface area (Å²) in [6.07, 6.45) is 0. The van der Waals surface area contributed by atoms with Crippen LogP contribution in [0.25, 0.3) is 0 Å². The number of hydrogen-bond donors (Lipinski definition) is 2. The lowest BCUT2D eigenvalue weighted by molar-refractivity contribution is -0.118. The number of hydrogen-bond acceptors (Lipinski definition) is 2. The van der Waals surface area contributed by atoms with E-state index in [9.17, 15) is 4.79 Å². The smallest absolute Gasteiger partial charge is 0.216 e. The Hall–Kier alpha value is -0.180. The Morgan fingerprint density at radius 2 is 2.71 bits per heavy atom. The molecule has 42 valence electrons. The van der Waals surface area contributed by atoms with Crippen LogP contribution in [0.3, 0.4) is 0 Å². The van der Waals surface area contributed by atoms with Gasteiger partial charge in [0.1, 0.15) is 0 Å². The van der Waals surface area contributed by atoms with E-state index in [1.54, 1.807) is 0 Å². The lowest BCUT2D eigenvalue weighted by Gasteiger charge is -1.93. The summed E-state index contributed by atoms with van der Waals surface area (Å²) in [7, 11) is 0. The molecule has 0 atom stereocenters. The van der Waals surface area contributed by atoms with Gasteiger partial charge in [0, 0.05) is 19.2 Å². The van der Waals surface area contributed by atoms with Crippen LogP contribution in [0.15, 0.2) is 0 Å². The van der Waals surface area contributed by atoms with Crippen molar-refractivity contribution in [1.82, 2.24) is 5.31 Å². The Kier molecular flexibility index (Phi) is 2.83. The first kappa shape index (κ1) is 4.97. The van der Waals surface area contributed by atoms with E-state index in [0.29, 0.717) is 12.3 Å². The Balaban J connectivity index is 3.32. The van der Waals surface area contributed by atoms with Gasteiger partial charge < -0.3 is 5.31 Å². The zero-order chi connectivity index (χ0) is 6.57. The molecule has 0 fully saturated rings. The topological polar surface area (TPSA) is 29.1 Å². The van der Waals surface area contributed by atoms with Crippen molar-refractivity contribution in [3.8, 4) is 0 Å². The quantitative estimate of drug-likeness (QED) is 0.495. The van der Waals surface area contributed by atoms with Gasteiger partial charge in [-0.3, -0.25) is 4.79 Å². The Morgan fingerprint density at radius 1 is 2.14 bits per heavy atom. The largest absolute Gasteiger partial charge is 0.356 e. The van der Waals surface area contributed by atoms with E-state index >= 15 is 0 Å². The molecule has 0 radical (unpaired) electrons. The van der Waals surface area contributed by atoms with Crippen LogP contribution in [0, 0.1) is 0 Å². The van der Waals surface area contributed by atoms with E-state index in [4.69, 9.17) is 1.41 Å². The molecule has 0 saturated heterocycles. The predicted octanol–water partition coefficient (Wildman–Crippen LogP) is 0.0523. The van der Waals surface area contributed by atoms with Crippen molar-refractivity contribution in [3.05, 3.63) is 0 Å². The Bertz CT molecular complexity index is 88.1. The third-order valence-electron chi connectivity index (χ3n) is 0.434. The summed E-state index contributed by atoms with van der Waals surface area (Å²) in [5.41, 5.74) is 0. The van der Waals surface area contributed by atoms with Gasteiger partial charge in [0.15, 0.2) is 1.41 Å². The normalized spacial score (nSPS) is 10.3. The molecule has 0 saturated carbocycles. The first-order chi connectivity index (χ1) is 3.68. The molecule has 0 aliphatic rings. The van der Waals surface area contributed by atoms with Gasteiger partial charge in [-0.1, -0.05) is 0 Å². The molecule has 2 nitrogen and oxygen atoms in total. The maximum Gasteiger partial charge on any atom is 0.216 e. The molecule has 0 aromatic carbocycles. The Labute approximate surface area is 50.2 Å². The van der Waals surface area contributed by atoms with Gasteiger partial charge in [0.25, 0.3) is 0 Å². The van der Waals surface area contributed by atoms with E-state index in [1.807, 2.05) is 0 Å². The summed E-state index contributed by atoms with van der Waals surface area (Å²) in [6.45, 7) is 1.76. The molecule has 0 heterocycles. The Morgan fingerprint density at radius 3 is 2.86 bits per heavy atom. The second kappa shape index (κ2) is 3.99. The lowest BCUT2D eigenvalue weighted by Crippen LogP contribution is -2.21. The van der Waals surface area contributed by atoms with Gasteiger partial charge in [-0.05, 0) is 0 Å². The van der Waals surface area contributed by atoms with E-state index in [1.165, 1.54) is 6.92 Å². The van der Waals surface area contributed by atoms with Crippen molar-refractivity contribution >= 4 is 18.5 Å². The number of carbonyl (C=O) groups is 1. The molecule has 0 aliphatic carbocycles. The van der Waals surface area contributed by atoms with Gasteiger partial charge in [-0.25, -0.2) is 0 Å². The second-order valence-electron chi connectivity index (χ2n) is 1.12. The van der Waals surface area contributed by atoms with Gasteiger partial charge in [-0.2, -0.15) is 12.6 Å². The lowest BCUT2D eigenvalue weighted by atomic mass is 10.6. The van der Waals surface area contributed by atoms with Gasteiger partial charge in [-0.15, -0.1) is 0 Å². The maximum atomic E-state index is 10.2. The summed E-state index contributed by atoms with van der Waals surface area (Å²) in [5, 5.41) is 0.882. The third-order valence-corrected chi connectivity index (χ3v) is 0.634. The van der Waals surface area contributed by atoms with Gasteiger partial charge in [0.2, 0.25) is 5.91 Å². The predicted molar refractivity (Wildman–Crippen MR) is 32.5 cm³/mol. The molecular formula is C4H9NOS. The first-order valence-electron chi connectivity index (χ1n) is 2.51. The minimum absolute atomic E-state index is 0.237. The summed E-state index contributed by atoms with van der Waals surface area (Å²) in [4.78, 5) is 10.2. The molecule has 1 N–H and O–H groups in total. The molecule has 0 unspecified atom stereocenters. The van der Waals surface area contributed by atoms with E-state index in [2.05, 4.69) is 12.6 Å². The van der Waals surface area contributed by atoms with E-state index in [-0.39, 0.29) is 5.91 Å². The minimum Gasteiger partial charge on any atom is -0.356 e. The number of rotatable bonds is 2. The molecule has 0 bridgehead atoms. The van der Waals surface area contributed by atoms with Crippen LogP contribution < -0.4 is 5.31 Å². The number of thiol groups is 1. The summed E-state index contributed by atoms with van der Waals surface area (Å²) in [6, 6.07) is 0. The van der Waals surface area contributed by atoms with Crippen LogP contribution in [-0.2, 0) is 4.79 Å². The number of nitrogens with one attached hydrogen (secondary N) is 1. The fourth-order valence-electron chi connectivity index (χ4n) is 0.207. The second-order valence-corrected chi connectivity index (χ2v) is 1.57. The van der Waals surface area contributed by atoms with Crippen LogP contribution in [-0.4, -0.2) is 18.2 Å². The average Bonchev–Trinajstić information content (AvgIpc) is 1.67. The summed E-state index contributed by atoms with van der Waals surface area (Å²) in [5.74, 6) is 0.308. The molecule has 7 heavy (non-hydrogen) atoms. The molecule has 0 aliphatic heterocycles. The molecule has 3 heteroatoms. The minimum atomic E-state index is -0.237. The van der Waals surface area contributed by atoms with Crippen molar-refractivity contribution < 1.29 is 6.21 Å². The van der Waals surface area contributed by atoms with Crippen LogP contribution in [0.4, 0.5) is 0 Å². The molecular weight excluding hydrogens is 110 g/mol. The van der Waals surface area contributed by atoms with Crippen LogP contribution in [0.5, 0.6) is 0 Å². The molecule has 0 spiro atoms. The fourth-order valence-corrected chi connectivity index (χ4v) is 0.307. The zero-order valence-corrected chi connectivity index (χ0v) is 5.11. The summed E-state index contributed by atoms with van der Waals surface area (Å²) >= 11 is 3.84. The third kappa shape index (κ3) is 5.82. The zero-order valence-electron chi connectivity index (χ0n) is 5.22. The number of carbonyl (C=O) groups excluding carboxylic acids is 1. The van der Waals surface area contributed by atoms with Crippen molar-refractivity contribution in [2.45, 2.75) is 6.92 Å².